The van der Waals surface area contributed by atoms with Crippen molar-refractivity contribution < 1.29 is 0 Å². The van der Waals surface area contributed by atoms with E-state index in [2.05, 4.69) is 20.4 Å². The van der Waals surface area contributed by atoms with Crippen molar-refractivity contribution in [3.05, 3.63) is 35.5 Å². The van der Waals surface area contributed by atoms with Crippen molar-refractivity contribution in [2.75, 3.05) is 5.32 Å². The van der Waals surface area contributed by atoms with Crippen molar-refractivity contribution in [2.45, 2.75) is 20.4 Å². The zero-order valence-corrected chi connectivity index (χ0v) is 9.73. The predicted molar refractivity (Wildman–Crippen MR) is 62.0 cm³/mol. The molecule has 16 heavy (non-hydrogen) atoms. The topological polar surface area (TPSA) is 55.6 Å². The van der Waals surface area contributed by atoms with E-state index in [0.717, 1.165) is 22.9 Å². The van der Waals surface area contributed by atoms with E-state index in [1.54, 1.807) is 10.9 Å². The lowest BCUT2D eigenvalue weighted by Crippen LogP contribution is -2.06. The van der Waals surface area contributed by atoms with E-state index >= 15 is 0 Å². The second-order valence-corrected chi connectivity index (χ2v) is 3.78. The van der Waals surface area contributed by atoms with Gasteiger partial charge in [0, 0.05) is 19.4 Å². The SMILES string of the molecule is Cc1cnc(C)c(NCc2ccn(C)n2)n1. The molecule has 84 valence electrons. The van der Waals surface area contributed by atoms with Crippen molar-refractivity contribution in [1.82, 2.24) is 19.7 Å². The van der Waals surface area contributed by atoms with Crippen LogP contribution in [0.15, 0.2) is 18.5 Å². The van der Waals surface area contributed by atoms with Gasteiger partial charge in [-0.15, -0.1) is 0 Å². The number of anilines is 1. The third kappa shape index (κ3) is 2.36. The van der Waals surface area contributed by atoms with E-state index in [4.69, 9.17) is 0 Å². The maximum Gasteiger partial charge on any atom is 0.148 e. The lowest BCUT2D eigenvalue weighted by Gasteiger charge is -2.06. The molecule has 0 bridgehead atoms. The third-order valence-corrected chi connectivity index (χ3v) is 2.28. The van der Waals surface area contributed by atoms with Gasteiger partial charge in [0.05, 0.1) is 23.6 Å². The van der Waals surface area contributed by atoms with Crippen LogP contribution < -0.4 is 5.32 Å². The van der Waals surface area contributed by atoms with Crippen LogP contribution in [0.1, 0.15) is 17.1 Å². The van der Waals surface area contributed by atoms with Crippen LogP contribution in [-0.4, -0.2) is 19.7 Å². The molecule has 2 aromatic rings. The Bertz CT molecular complexity index is 489. The van der Waals surface area contributed by atoms with Gasteiger partial charge in [-0.1, -0.05) is 0 Å². The van der Waals surface area contributed by atoms with Crippen LogP contribution in [0, 0.1) is 13.8 Å². The molecule has 0 saturated heterocycles. The Morgan fingerprint density at radius 1 is 1.38 bits per heavy atom. The smallest absolute Gasteiger partial charge is 0.148 e. The Morgan fingerprint density at radius 3 is 2.88 bits per heavy atom. The van der Waals surface area contributed by atoms with Crippen LogP contribution in [-0.2, 0) is 13.6 Å². The number of aromatic nitrogens is 4. The van der Waals surface area contributed by atoms with Crippen LogP contribution in [0.2, 0.25) is 0 Å². The number of nitrogens with zero attached hydrogens (tertiary/aromatic N) is 4. The quantitative estimate of drug-likeness (QED) is 0.845. The predicted octanol–water partition coefficient (Wildman–Crippen LogP) is 1.44. The van der Waals surface area contributed by atoms with Crippen LogP contribution in [0.4, 0.5) is 5.82 Å². The summed E-state index contributed by atoms with van der Waals surface area (Å²) in [4.78, 5) is 8.63. The standard InChI is InChI=1S/C11H15N5/c1-8-6-12-9(2)11(14-8)13-7-10-4-5-16(3)15-10/h4-6H,7H2,1-3H3,(H,13,14). The van der Waals surface area contributed by atoms with Crippen molar-refractivity contribution in [3.8, 4) is 0 Å². The molecule has 0 fully saturated rings. The highest BCUT2D eigenvalue weighted by atomic mass is 15.3. The average Bonchev–Trinajstić information content (AvgIpc) is 2.66. The molecule has 5 nitrogen and oxygen atoms in total. The summed E-state index contributed by atoms with van der Waals surface area (Å²) in [5, 5.41) is 7.52. The monoisotopic (exact) mass is 217 g/mol. The molecule has 0 amide bonds. The van der Waals surface area contributed by atoms with Crippen LogP contribution in [0.3, 0.4) is 0 Å². The van der Waals surface area contributed by atoms with E-state index in [1.165, 1.54) is 0 Å². The number of aryl methyl sites for hydroxylation is 3. The van der Waals surface area contributed by atoms with E-state index in [-0.39, 0.29) is 0 Å². The van der Waals surface area contributed by atoms with Gasteiger partial charge in [0.1, 0.15) is 5.82 Å². The highest BCUT2D eigenvalue weighted by molar-refractivity contribution is 5.39. The molecule has 0 radical (unpaired) electrons. The first-order chi connectivity index (χ1) is 7.65. The van der Waals surface area contributed by atoms with Crippen LogP contribution >= 0.6 is 0 Å². The third-order valence-electron chi connectivity index (χ3n) is 2.28. The summed E-state index contributed by atoms with van der Waals surface area (Å²) >= 11 is 0. The number of nitrogens with one attached hydrogen (secondary N) is 1. The summed E-state index contributed by atoms with van der Waals surface area (Å²) in [5.41, 5.74) is 2.81. The van der Waals surface area contributed by atoms with Crippen LogP contribution in [0.5, 0.6) is 0 Å². The molecule has 2 heterocycles. The first-order valence-corrected chi connectivity index (χ1v) is 5.18. The summed E-state index contributed by atoms with van der Waals surface area (Å²) in [6.45, 7) is 4.53. The molecular formula is C11H15N5. The Kier molecular flexibility index (Phi) is 2.85. The van der Waals surface area contributed by atoms with Crippen molar-refractivity contribution in [3.63, 3.8) is 0 Å². The second-order valence-electron chi connectivity index (χ2n) is 3.78. The Morgan fingerprint density at radius 2 is 2.19 bits per heavy atom. The maximum absolute atomic E-state index is 4.39. The van der Waals surface area contributed by atoms with Gasteiger partial charge < -0.3 is 5.32 Å². The van der Waals surface area contributed by atoms with E-state index in [9.17, 15) is 0 Å². The first kappa shape index (κ1) is 10.6. The number of hydrogen-bond donors (Lipinski definition) is 1. The lowest BCUT2D eigenvalue weighted by molar-refractivity contribution is 0.746. The van der Waals surface area contributed by atoms with E-state index in [1.807, 2.05) is 33.2 Å². The number of rotatable bonds is 3. The Balaban J connectivity index is 2.07. The molecule has 0 aliphatic carbocycles. The fraction of sp³-hybridized carbons (Fsp3) is 0.364. The minimum atomic E-state index is 0.666. The van der Waals surface area contributed by atoms with Crippen molar-refractivity contribution in [1.29, 1.82) is 0 Å². The summed E-state index contributed by atoms with van der Waals surface area (Å²) in [7, 11) is 1.90. The second kappa shape index (κ2) is 4.30. The van der Waals surface area contributed by atoms with E-state index in [0.29, 0.717) is 6.54 Å². The van der Waals surface area contributed by atoms with Gasteiger partial charge in [-0.05, 0) is 19.9 Å². The number of hydrogen-bond acceptors (Lipinski definition) is 4. The molecule has 0 spiro atoms. The zero-order valence-electron chi connectivity index (χ0n) is 9.73. The maximum atomic E-state index is 4.39. The first-order valence-electron chi connectivity index (χ1n) is 5.18. The summed E-state index contributed by atoms with van der Waals surface area (Å²) in [6, 6.07) is 1.98. The molecule has 5 heteroatoms. The molecule has 2 rings (SSSR count). The van der Waals surface area contributed by atoms with Gasteiger partial charge in [-0.25, -0.2) is 4.98 Å². The molecule has 0 aliphatic heterocycles. The molecule has 0 saturated carbocycles. The highest BCUT2D eigenvalue weighted by Gasteiger charge is 2.02. The molecule has 1 N–H and O–H groups in total. The van der Waals surface area contributed by atoms with Crippen molar-refractivity contribution in [2.24, 2.45) is 7.05 Å². The molecular weight excluding hydrogens is 202 g/mol. The van der Waals surface area contributed by atoms with Crippen molar-refractivity contribution >= 4 is 5.82 Å². The summed E-state index contributed by atoms with van der Waals surface area (Å²) in [5.74, 6) is 0.825. The molecule has 0 atom stereocenters. The van der Waals surface area contributed by atoms with Gasteiger partial charge in [0.25, 0.3) is 0 Å². The minimum absolute atomic E-state index is 0.666. The lowest BCUT2D eigenvalue weighted by atomic mass is 10.4. The van der Waals surface area contributed by atoms with Gasteiger partial charge in [-0.3, -0.25) is 9.67 Å². The summed E-state index contributed by atoms with van der Waals surface area (Å²) < 4.78 is 1.78. The molecule has 0 aromatic carbocycles. The van der Waals surface area contributed by atoms with Crippen LogP contribution in [0.25, 0.3) is 0 Å². The average molecular weight is 217 g/mol. The zero-order chi connectivity index (χ0) is 11.5. The van der Waals surface area contributed by atoms with Gasteiger partial charge in [-0.2, -0.15) is 5.10 Å². The molecule has 2 aromatic heterocycles. The van der Waals surface area contributed by atoms with Gasteiger partial charge in [0.2, 0.25) is 0 Å². The Hall–Kier alpha value is -1.91. The van der Waals surface area contributed by atoms with E-state index < -0.39 is 0 Å². The normalized spacial score (nSPS) is 10.4. The largest absolute Gasteiger partial charge is 0.363 e. The fourth-order valence-corrected chi connectivity index (χ4v) is 1.44. The minimum Gasteiger partial charge on any atom is -0.363 e. The highest BCUT2D eigenvalue weighted by Crippen LogP contribution is 2.09. The molecule has 0 unspecified atom stereocenters. The molecule has 0 aliphatic rings. The van der Waals surface area contributed by atoms with Gasteiger partial charge in [0.15, 0.2) is 0 Å². The summed E-state index contributed by atoms with van der Waals surface area (Å²) in [6.07, 6.45) is 3.69. The van der Waals surface area contributed by atoms with Gasteiger partial charge >= 0.3 is 0 Å². The Labute approximate surface area is 94.5 Å². The fourth-order valence-electron chi connectivity index (χ4n) is 1.44.